The van der Waals surface area contributed by atoms with E-state index in [0.717, 1.165) is 41.2 Å². The first kappa shape index (κ1) is 25.2. The molecule has 1 aliphatic carbocycles. The van der Waals surface area contributed by atoms with Crippen molar-refractivity contribution in [3.05, 3.63) is 91.5 Å². The molecule has 0 spiro atoms. The summed E-state index contributed by atoms with van der Waals surface area (Å²) in [6.07, 6.45) is 5.00. The van der Waals surface area contributed by atoms with E-state index in [1.165, 1.54) is 6.20 Å². The van der Waals surface area contributed by atoms with Crippen LogP contribution < -0.4 is 11.0 Å². The third-order valence-electron chi connectivity index (χ3n) is 7.08. The van der Waals surface area contributed by atoms with Gasteiger partial charge in [-0.1, -0.05) is 39.7 Å². The number of para-hydroxylation sites is 2. The molecule has 0 radical (unpaired) electrons. The third kappa shape index (κ3) is 5.07. The fourth-order valence-electron chi connectivity index (χ4n) is 5.16. The predicted molar refractivity (Wildman–Crippen MR) is 147 cm³/mol. The van der Waals surface area contributed by atoms with Crippen LogP contribution in [0.5, 0.6) is 0 Å². The zero-order valence-electron chi connectivity index (χ0n) is 20.2. The molecule has 4 aromatic rings. The first-order valence-corrected chi connectivity index (χ1v) is 13.4. The van der Waals surface area contributed by atoms with E-state index in [1.54, 1.807) is 29.7 Å². The van der Waals surface area contributed by atoms with E-state index in [-0.39, 0.29) is 17.6 Å². The van der Waals surface area contributed by atoms with Crippen LogP contribution in [0.4, 0.5) is 0 Å². The molecule has 5 rings (SSSR count). The highest BCUT2D eigenvalue weighted by Gasteiger charge is 2.26. The minimum absolute atomic E-state index is 0.0705. The Morgan fingerprint density at radius 3 is 2.62 bits per heavy atom. The second kappa shape index (κ2) is 10.5. The minimum Gasteiger partial charge on any atom is -0.349 e. The summed E-state index contributed by atoms with van der Waals surface area (Å²) in [6, 6.07) is 17.0. The highest BCUT2D eigenvalue weighted by atomic mass is 79.9. The molecule has 7 nitrogen and oxygen atoms in total. The number of nitrogens with zero attached hydrogens (tertiary/aromatic N) is 4. The van der Waals surface area contributed by atoms with Crippen molar-refractivity contribution in [2.75, 3.05) is 0 Å². The van der Waals surface area contributed by atoms with Crippen LogP contribution in [-0.4, -0.2) is 26.1 Å². The molecular formula is C28H25BrClN5O2. The van der Waals surface area contributed by atoms with Gasteiger partial charge in [-0.2, -0.15) is 5.26 Å². The number of hydrogen-bond donors (Lipinski definition) is 1. The van der Waals surface area contributed by atoms with E-state index in [9.17, 15) is 14.9 Å². The number of nitriles is 1. The van der Waals surface area contributed by atoms with Gasteiger partial charge in [-0.05, 0) is 74.9 Å². The number of carbonyl (C=O) groups is 1. The summed E-state index contributed by atoms with van der Waals surface area (Å²) >= 11 is 9.44. The Balaban J connectivity index is 1.34. The number of fused-ring (bicyclic) bond motifs is 1. The number of amides is 1. The van der Waals surface area contributed by atoms with Gasteiger partial charge in [0.2, 0.25) is 0 Å². The summed E-state index contributed by atoms with van der Waals surface area (Å²) in [5.41, 5.74) is 3.62. The Labute approximate surface area is 227 Å². The molecule has 0 aliphatic heterocycles. The predicted octanol–water partition coefficient (Wildman–Crippen LogP) is 5.77. The quantitative estimate of drug-likeness (QED) is 0.325. The van der Waals surface area contributed by atoms with Crippen LogP contribution in [0, 0.1) is 24.2 Å². The van der Waals surface area contributed by atoms with E-state index in [0.29, 0.717) is 40.0 Å². The normalized spacial score (nSPS) is 17.5. The van der Waals surface area contributed by atoms with Crippen molar-refractivity contribution in [1.82, 2.24) is 19.4 Å². The van der Waals surface area contributed by atoms with Crippen molar-refractivity contribution in [2.45, 2.75) is 45.2 Å². The number of imidazole rings is 1. The van der Waals surface area contributed by atoms with Crippen molar-refractivity contribution >= 4 is 44.5 Å². The van der Waals surface area contributed by atoms with E-state index >= 15 is 0 Å². The van der Waals surface area contributed by atoms with Gasteiger partial charge in [-0.25, -0.2) is 4.79 Å². The van der Waals surface area contributed by atoms with Gasteiger partial charge in [-0.3, -0.25) is 18.9 Å². The molecular weight excluding hydrogens is 554 g/mol. The molecule has 1 fully saturated rings. The largest absolute Gasteiger partial charge is 0.349 e. The molecule has 1 saturated carbocycles. The summed E-state index contributed by atoms with van der Waals surface area (Å²) in [4.78, 5) is 30.6. The number of benzene rings is 2. The molecule has 1 aliphatic rings. The number of carbonyl (C=O) groups excluding carboxylic acids is 1. The average molecular weight is 579 g/mol. The standard InChI is InChI=1S/C28H25BrClN5O2/c1-17-23(13-21(30)15-32-17)27(36)33-22-9-6-18(7-10-22)16-34-25-4-2-3-5-26(25)35(28(34)37)24-11-8-20(29)12-19(24)14-31/h2-5,8,11-13,15,18,22H,6-7,9-10,16H2,1H3,(H,33,36)/t18-,22-. The Kier molecular flexibility index (Phi) is 7.18. The second-order valence-electron chi connectivity index (χ2n) is 9.47. The van der Waals surface area contributed by atoms with Gasteiger partial charge in [0.25, 0.3) is 5.91 Å². The summed E-state index contributed by atoms with van der Waals surface area (Å²) in [5.74, 6) is 0.151. The number of rotatable bonds is 5. The molecule has 0 bridgehead atoms. The fourth-order valence-corrected chi connectivity index (χ4v) is 5.68. The highest BCUT2D eigenvalue weighted by Crippen LogP contribution is 2.28. The first-order valence-electron chi connectivity index (χ1n) is 12.2. The van der Waals surface area contributed by atoms with E-state index < -0.39 is 0 Å². The maximum Gasteiger partial charge on any atom is 0.333 e. The maximum atomic E-state index is 13.7. The second-order valence-corrected chi connectivity index (χ2v) is 10.8. The fraction of sp³-hybridized carbons (Fsp3) is 0.286. The van der Waals surface area contributed by atoms with Crippen LogP contribution in [0.15, 0.2) is 64.0 Å². The number of halogens is 2. The molecule has 0 unspecified atom stereocenters. The van der Waals surface area contributed by atoms with Gasteiger partial charge in [0.15, 0.2) is 0 Å². The SMILES string of the molecule is Cc1ncc(Cl)cc1C(=O)N[C@H]1CC[C@H](Cn2c(=O)n(-c3ccc(Br)cc3C#N)c3ccccc32)CC1. The van der Waals surface area contributed by atoms with Crippen molar-refractivity contribution in [2.24, 2.45) is 5.92 Å². The minimum atomic E-state index is -0.155. The van der Waals surface area contributed by atoms with Crippen LogP contribution >= 0.6 is 27.5 Å². The van der Waals surface area contributed by atoms with Gasteiger partial charge in [0.1, 0.15) is 6.07 Å². The zero-order valence-corrected chi connectivity index (χ0v) is 22.6. The van der Waals surface area contributed by atoms with E-state index in [1.807, 2.05) is 34.9 Å². The molecule has 1 amide bonds. The lowest BCUT2D eigenvalue weighted by Crippen LogP contribution is -2.39. The number of aryl methyl sites for hydroxylation is 1. The lowest BCUT2D eigenvalue weighted by atomic mass is 9.85. The molecule has 0 saturated heterocycles. The van der Waals surface area contributed by atoms with Gasteiger partial charge in [-0.15, -0.1) is 0 Å². The Hall–Kier alpha value is -3.41. The molecule has 9 heteroatoms. The molecule has 188 valence electrons. The molecule has 0 atom stereocenters. The summed E-state index contributed by atoms with van der Waals surface area (Å²) in [6.45, 7) is 2.38. The van der Waals surface area contributed by atoms with E-state index in [4.69, 9.17) is 11.6 Å². The topological polar surface area (TPSA) is 92.7 Å². The van der Waals surface area contributed by atoms with Gasteiger partial charge >= 0.3 is 5.69 Å². The zero-order chi connectivity index (χ0) is 26.1. The first-order chi connectivity index (χ1) is 17.9. The molecule has 2 aromatic carbocycles. The number of pyridine rings is 1. The van der Waals surface area contributed by atoms with E-state index in [2.05, 4.69) is 32.3 Å². The molecule has 1 N–H and O–H groups in total. The van der Waals surface area contributed by atoms with Crippen LogP contribution in [0.1, 0.15) is 47.3 Å². The van der Waals surface area contributed by atoms with Gasteiger partial charge in [0.05, 0.1) is 38.6 Å². The monoisotopic (exact) mass is 577 g/mol. The number of aromatic nitrogens is 3. The van der Waals surface area contributed by atoms with Gasteiger partial charge < -0.3 is 5.32 Å². The van der Waals surface area contributed by atoms with Crippen molar-refractivity contribution < 1.29 is 4.79 Å². The number of hydrogen-bond acceptors (Lipinski definition) is 4. The third-order valence-corrected chi connectivity index (χ3v) is 7.78. The molecule has 2 aromatic heterocycles. The highest BCUT2D eigenvalue weighted by molar-refractivity contribution is 9.10. The lowest BCUT2D eigenvalue weighted by molar-refractivity contribution is 0.0919. The average Bonchev–Trinajstić information content (AvgIpc) is 3.17. The maximum absolute atomic E-state index is 13.7. The summed E-state index contributed by atoms with van der Waals surface area (Å²) in [5, 5.41) is 13.3. The lowest BCUT2D eigenvalue weighted by Gasteiger charge is -2.29. The Morgan fingerprint density at radius 2 is 1.89 bits per heavy atom. The summed E-state index contributed by atoms with van der Waals surface area (Å²) in [7, 11) is 0. The summed E-state index contributed by atoms with van der Waals surface area (Å²) < 4.78 is 4.24. The van der Waals surface area contributed by atoms with Crippen LogP contribution in [0.2, 0.25) is 5.02 Å². The van der Waals surface area contributed by atoms with Gasteiger partial charge in [0, 0.05) is 23.3 Å². The molecule has 37 heavy (non-hydrogen) atoms. The Bertz CT molecular complexity index is 1590. The van der Waals surface area contributed by atoms with Crippen LogP contribution in [-0.2, 0) is 6.54 Å². The smallest absolute Gasteiger partial charge is 0.333 e. The van der Waals surface area contributed by atoms with Crippen molar-refractivity contribution in [3.8, 4) is 11.8 Å². The van der Waals surface area contributed by atoms with Crippen LogP contribution in [0.25, 0.3) is 16.7 Å². The number of nitrogens with one attached hydrogen (secondary N) is 1. The van der Waals surface area contributed by atoms with Crippen LogP contribution in [0.3, 0.4) is 0 Å². The molecule has 2 heterocycles. The van der Waals surface area contributed by atoms with Crippen molar-refractivity contribution in [3.63, 3.8) is 0 Å². The Morgan fingerprint density at radius 1 is 1.16 bits per heavy atom. The van der Waals surface area contributed by atoms with Crippen molar-refractivity contribution in [1.29, 1.82) is 5.26 Å².